The van der Waals surface area contributed by atoms with E-state index in [-0.39, 0.29) is 5.78 Å². The summed E-state index contributed by atoms with van der Waals surface area (Å²) in [6.45, 7) is 1.53. The molecule has 19 heavy (non-hydrogen) atoms. The third kappa shape index (κ3) is 1.97. The van der Waals surface area contributed by atoms with Crippen LogP contribution in [0.1, 0.15) is 17.3 Å². The van der Waals surface area contributed by atoms with Crippen LogP contribution in [0.3, 0.4) is 0 Å². The molecule has 0 amide bonds. The van der Waals surface area contributed by atoms with Gasteiger partial charge in [0, 0.05) is 5.56 Å². The lowest BCUT2D eigenvalue weighted by molar-refractivity contribution is 0.101. The third-order valence-electron chi connectivity index (χ3n) is 2.93. The molecule has 0 saturated carbocycles. The van der Waals surface area contributed by atoms with Gasteiger partial charge in [0.2, 0.25) is 0 Å². The molecule has 0 aliphatic carbocycles. The number of H-pyrrole nitrogens is 1. The van der Waals surface area contributed by atoms with Crippen molar-refractivity contribution in [3.05, 3.63) is 54.3 Å². The number of ketones is 1. The van der Waals surface area contributed by atoms with Crippen LogP contribution in [0.2, 0.25) is 0 Å². The van der Waals surface area contributed by atoms with E-state index < -0.39 is 0 Å². The Labute approximate surface area is 110 Å². The number of aromatic amines is 1. The molecule has 2 aromatic heterocycles. The number of carbonyl (C=O) groups excluding carboxylic acids is 1. The van der Waals surface area contributed by atoms with Crippen molar-refractivity contribution in [3.8, 4) is 22.7 Å². The van der Waals surface area contributed by atoms with Crippen LogP contribution >= 0.6 is 0 Å². The van der Waals surface area contributed by atoms with E-state index in [4.69, 9.17) is 4.42 Å². The molecule has 0 atom stereocenters. The van der Waals surface area contributed by atoms with Gasteiger partial charge in [-0.3, -0.25) is 9.89 Å². The average molecular weight is 252 g/mol. The molecule has 0 aliphatic heterocycles. The van der Waals surface area contributed by atoms with E-state index in [0.717, 1.165) is 5.56 Å². The van der Waals surface area contributed by atoms with Crippen LogP contribution in [0.4, 0.5) is 0 Å². The lowest BCUT2D eigenvalue weighted by atomic mass is 10.0. The van der Waals surface area contributed by atoms with Crippen molar-refractivity contribution in [2.75, 3.05) is 0 Å². The third-order valence-corrected chi connectivity index (χ3v) is 2.93. The highest BCUT2D eigenvalue weighted by molar-refractivity contribution is 6.04. The molecule has 2 heterocycles. The second-order valence-electron chi connectivity index (χ2n) is 4.22. The maximum absolute atomic E-state index is 11.9. The molecule has 0 spiro atoms. The Bertz CT molecular complexity index is 697. The SMILES string of the molecule is CC(=O)c1c(-c2ccccc2)n[nH]c1-c1ccco1. The second kappa shape index (κ2) is 4.57. The highest BCUT2D eigenvalue weighted by atomic mass is 16.3. The summed E-state index contributed by atoms with van der Waals surface area (Å²) in [5.74, 6) is 0.568. The zero-order chi connectivity index (χ0) is 13.2. The van der Waals surface area contributed by atoms with E-state index in [1.54, 1.807) is 18.4 Å². The van der Waals surface area contributed by atoms with E-state index >= 15 is 0 Å². The van der Waals surface area contributed by atoms with Gasteiger partial charge >= 0.3 is 0 Å². The van der Waals surface area contributed by atoms with Crippen molar-refractivity contribution < 1.29 is 9.21 Å². The van der Waals surface area contributed by atoms with Crippen LogP contribution in [-0.2, 0) is 0 Å². The Morgan fingerprint density at radius 2 is 1.95 bits per heavy atom. The smallest absolute Gasteiger partial charge is 0.164 e. The first-order chi connectivity index (χ1) is 9.27. The van der Waals surface area contributed by atoms with Gasteiger partial charge in [-0.1, -0.05) is 30.3 Å². The van der Waals surface area contributed by atoms with Crippen molar-refractivity contribution in [2.24, 2.45) is 0 Å². The minimum absolute atomic E-state index is 0.0426. The predicted octanol–water partition coefficient (Wildman–Crippen LogP) is 3.54. The van der Waals surface area contributed by atoms with Gasteiger partial charge in [0.25, 0.3) is 0 Å². The van der Waals surface area contributed by atoms with E-state index in [1.165, 1.54) is 6.92 Å². The van der Waals surface area contributed by atoms with Crippen LogP contribution in [0, 0.1) is 0 Å². The largest absolute Gasteiger partial charge is 0.463 e. The number of carbonyl (C=O) groups is 1. The summed E-state index contributed by atoms with van der Waals surface area (Å²) in [4.78, 5) is 11.9. The van der Waals surface area contributed by atoms with E-state index in [1.807, 2.05) is 30.3 Å². The summed E-state index contributed by atoms with van der Waals surface area (Å²) < 4.78 is 5.34. The van der Waals surface area contributed by atoms with Gasteiger partial charge in [0.15, 0.2) is 11.5 Å². The summed E-state index contributed by atoms with van der Waals surface area (Å²) in [6.07, 6.45) is 1.57. The minimum Gasteiger partial charge on any atom is -0.463 e. The van der Waals surface area contributed by atoms with Gasteiger partial charge in [-0.05, 0) is 19.1 Å². The molecular weight excluding hydrogens is 240 g/mol. The Balaban J connectivity index is 2.20. The molecule has 1 aromatic carbocycles. The molecule has 0 unspecified atom stereocenters. The first-order valence-corrected chi connectivity index (χ1v) is 5.96. The first-order valence-electron chi connectivity index (χ1n) is 5.96. The molecule has 0 saturated heterocycles. The molecule has 4 heteroatoms. The summed E-state index contributed by atoms with van der Waals surface area (Å²) in [5.41, 5.74) is 2.73. The van der Waals surface area contributed by atoms with Gasteiger partial charge in [0.05, 0.1) is 11.8 Å². The highest BCUT2D eigenvalue weighted by Gasteiger charge is 2.20. The number of hydrogen-bond acceptors (Lipinski definition) is 3. The molecule has 4 nitrogen and oxygen atoms in total. The lowest BCUT2D eigenvalue weighted by Crippen LogP contribution is -1.95. The zero-order valence-electron chi connectivity index (χ0n) is 10.4. The second-order valence-corrected chi connectivity index (χ2v) is 4.22. The standard InChI is InChI=1S/C15H12N2O2/c1-10(18)13-14(11-6-3-2-4-7-11)16-17-15(13)12-8-5-9-19-12/h2-9H,1H3,(H,16,17). The topological polar surface area (TPSA) is 58.9 Å². The van der Waals surface area contributed by atoms with Crippen molar-refractivity contribution in [2.45, 2.75) is 6.92 Å². The Hall–Kier alpha value is -2.62. The minimum atomic E-state index is -0.0426. The molecule has 0 aliphatic rings. The normalized spacial score (nSPS) is 10.6. The Morgan fingerprint density at radius 3 is 2.58 bits per heavy atom. The van der Waals surface area contributed by atoms with Crippen molar-refractivity contribution in [1.82, 2.24) is 10.2 Å². The number of nitrogens with one attached hydrogen (secondary N) is 1. The summed E-state index contributed by atoms with van der Waals surface area (Å²) in [7, 11) is 0. The van der Waals surface area contributed by atoms with Crippen LogP contribution in [-0.4, -0.2) is 16.0 Å². The van der Waals surface area contributed by atoms with Crippen LogP contribution < -0.4 is 0 Å². The highest BCUT2D eigenvalue weighted by Crippen LogP contribution is 2.30. The van der Waals surface area contributed by atoms with E-state index in [9.17, 15) is 4.79 Å². The predicted molar refractivity (Wildman–Crippen MR) is 71.7 cm³/mol. The molecule has 0 fully saturated rings. The van der Waals surface area contributed by atoms with Crippen LogP contribution in [0.25, 0.3) is 22.7 Å². The number of aromatic nitrogens is 2. The molecule has 3 aromatic rings. The van der Waals surface area contributed by atoms with E-state index in [0.29, 0.717) is 22.7 Å². The first kappa shape index (κ1) is 11.5. The van der Waals surface area contributed by atoms with Gasteiger partial charge in [0.1, 0.15) is 11.4 Å². The average Bonchev–Trinajstić information content (AvgIpc) is 3.08. The lowest BCUT2D eigenvalue weighted by Gasteiger charge is -2.00. The molecule has 0 bridgehead atoms. The number of furan rings is 1. The number of hydrogen-bond donors (Lipinski definition) is 1. The molecule has 1 N–H and O–H groups in total. The fraction of sp³-hybridized carbons (Fsp3) is 0.0667. The monoisotopic (exact) mass is 252 g/mol. The van der Waals surface area contributed by atoms with Crippen molar-refractivity contribution in [1.29, 1.82) is 0 Å². The maximum Gasteiger partial charge on any atom is 0.164 e. The Morgan fingerprint density at radius 1 is 1.16 bits per heavy atom. The molecule has 0 radical (unpaired) electrons. The number of rotatable bonds is 3. The molecular formula is C15H12N2O2. The zero-order valence-corrected chi connectivity index (χ0v) is 10.4. The number of nitrogens with zero attached hydrogens (tertiary/aromatic N) is 1. The van der Waals surface area contributed by atoms with Crippen LogP contribution in [0.15, 0.2) is 53.1 Å². The van der Waals surface area contributed by atoms with E-state index in [2.05, 4.69) is 10.2 Å². The number of benzene rings is 1. The summed E-state index contributed by atoms with van der Waals surface area (Å²) in [5, 5.41) is 7.15. The van der Waals surface area contributed by atoms with Gasteiger partial charge < -0.3 is 4.42 Å². The quantitative estimate of drug-likeness (QED) is 0.725. The summed E-state index contributed by atoms with van der Waals surface area (Å²) >= 11 is 0. The molecule has 3 rings (SSSR count). The van der Waals surface area contributed by atoms with Crippen molar-refractivity contribution >= 4 is 5.78 Å². The number of Topliss-reactive ketones (excluding diaryl/α,β-unsaturated/α-hetero) is 1. The van der Waals surface area contributed by atoms with Crippen LogP contribution in [0.5, 0.6) is 0 Å². The van der Waals surface area contributed by atoms with Gasteiger partial charge in [-0.15, -0.1) is 0 Å². The Kier molecular flexibility index (Phi) is 2.76. The summed E-state index contributed by atoms with van der Waals surface area (Å²) in [6, 6.07) is 13.2. The molecule has 94 valence electrons. The van der Waals surface area contributed by atoms with Gasteiger partial charge in [-0.2, -0.15) is 5.10 Å². The van der Waals surface area contributed by atoms with Crippen molar-refractivity contribution in [3.63, 3.8) is 0 Å². The fourth-order valence-electron chi connectivity index (χ4n) is 2.09. The van der Waals surface area contributed by atoms with Gasteiger partial charge in [-0.25, -0.2) is 0 Å². The maximum atomic E-state index is 11.9. The fourth-order valence-corrected chi connectivity index (χ4v) is 2.09.